The zero-order valence-electron chi connectivity index (χ0n) is 11.0. The molecule has 2 aromatic rings. The number of hydrogen-bond acceptors (Lipinski definition) is 4. The highest BCUT2D eigenvalue weighted by atomic mass is 79.9. The predicted octanol–water partition coefficient (Wildman–Crippen LogP) is 2.57. The molecule has 5 nitrogen and oxygen atoms in total. The quantitative estimate of drug-likeness (QED) is 0.688. The average molecular weight is 342 g/mol. The fourth-order valence-electron chi connectivity index (χ4n) is 1.72. The highest BCUT2D eigenvalue weighted by molar-refractivity contribution is 9.10. The molecule has 106 valence electrons. The van der Waals surface area contributed by atoms with Crippen LogP contribution in [-0.4, -0.2) is 15.7 Å². The summed E-state index contributed by atoms with van der Waals surface area (Å²) in [6.45, 7) is 1.91. The molecule has 1 aromatic carbocycles. The van der Waals surface area contributed by atoms with Gasteiger partial charge in [-0.2, -0.15) is 5.10 Å². The summed E-state index contributed by atoms with van der Waals surface area (Å²) in [5, 5.41) is 4.20. The van der Waals surface area contributed by atoms with E-state index in [9.17, 15) is 9.18 Å². The van der Waals surface area contributed by atoms with Crippen LogP contribution >= 0.6 is 15.9 Å². The average Bonchev–Trinajstić information content (AvgIpc) is 2.64. The van der Waals surface area contributed by atoms with Crippen molar-refractivity contribution in [3.05, 3.63) is 45.4 Å². The van der Waals surface area contributed by atoms with E-state index in [2.05, 4.69) is 21.0 Å². The number of anilines is 1. The Morgan fingerprint density at radius 1 is 1.55 bits per heavy atom. The van der Waals surface area contributed by atoms with E-state index in [-0.39, 0.29) is 17.9 Å². The molecule has 0 spiro atoms. The Hall–Kier alpha value is -1.89. The summed E-state index contributed by atoms with van der Waals surface area (Å²) in [6, 6.07) is 3.72. The van der Waals surface area contributed by atoms with E-state index in [0.29, 0.717) is 0 Å². The van der Waals surface area contributed by atoms with Gasteiger partial charge in [-0.1, -0.05) is 0 Å². The number of rotatable bonds is 3. The minimum absolute atomic E-state index is 0.0635. The largest absolute Gasteiger partial charge is 0.456 e. The number of nitrogens with two attached hydrogens (primary N) is 1. The van der Waals surface area contributed by atoms with Gasteiger partial charge in [-0.3, -0.25) is 4.68 Å². The predicted molar refractivity (Wildman–Crippen MR) is 75.6 cm³/mol. The first-order valence-corrected chi connectivity index (χ1v) is 6.59. The first-order chi connectivity index (χ1) is 9.40. The maximum atomic E-state index is 13.0. The molecule has 0 saturated heterocycles. The van der Waals surface area contributed by atoms with E-state index in [4.69, 9.17) is 10.5 Å². The van der Waals surface area contributed by atoms with Crippen molar-refractivity contribution in [2.24, 2.45) is 7.05 Å². The van der Waals surface area contributed by atoms with E-state index in [1.54, 1.807) is 11.7 Å². The van der Waals surface area contributed by atoms with E-state index in [0.717, 1.165) is 21.9 Å². The molecular formula is C13H13BrFN3O2. The van der Waals surface area contributed by atoms with Crippen LogP contribution in [0.5, 0.6) is 0 Å². The highest BCUT2D eigenvalue weighted by Crippen LogP contribution is 2.21. The van der Waals surface area contributed by atoms with Crippen molar-refractivity contribution >= 4 is 27.6 Å². The number of esters is 1. The fraction of sp³-hybridized carbons (Fsp3) is 0.231. The molecule has 0 aliphatic carbocycles. The van der Waals surface area contributed by atoms with E-state index in [1.165, 1.54) is 12.1 Å². The molecule has 0 fully saturated rings. The lowest BCUT2D eigenvalue weighted by Crippen LogP contribution is -2.09. The number of carbonyl (C=O) groups excluding carboxylic acids is 1. The number of aromatic nitrogens is 2. The van der Waals surface area contributed by atoms with Gasteiger partial charge in [0.2, 0.25) is 0 Å². The molecule has 0 aliphatic rings. The zero-order chi connectivity index (χ0) is 14.9. The van der Waals surface area contributed by atoms with E-state index >= 15 is 0 Å². The molecule has 0 aliphatic heterocycles. The summed E-state index contributed by atoms with van der Waals surface area (Å²) >= 11 is 3.38. The number of nitrogens with zero attached hydrogens (tertiary/aromatic N) is 2. The summed E-state index contributed by atoms with van der Waals surface area (Å²) in [7, 11) is 1.76. The maximum absolute atomic E-state index is 13.0. The minimum Gasteiger partial charge on any atom is -0.456 e. The molecule has 0 saturated carbocycles. The van der Waals surface area contributed by atoms with Crippen molar-refractivity contribution in [2.75, 3.05) is 5.73 Å². The third-order valence-electron chi connectivity index (χ3n) is 2.83. The van der Waals surface area contributed by atoms with Crippen molar-refractivity contribution in [2.45, 2.75) is 13.5 Å². The third kappa shape index (κ3) is 2.82. The molecule has 2 N–H and O–H groups in total. The molecule has 7 heteroatoms. The molecule has 20 heavy (non-hydrogen) atoms. The van der Waals surface area contributed by atoms with Crippen LogP contribution in [0.3, 0.4) is 0 Å². The summed E-state index contributed by atoms with van der Waals surface area (Å²) in [6.07, 6.45) is 0. The van der Waals surface area contributed by atoms with Crippen molar-refractivity contribution in [3.63, 3.8) is 0 Å². The Bertz CT molecular complexity index is 670. The second-order valence-electron chi connectivity index (χ2n) is 4.28. The van der Waals surface area contributed by atoms with Crippen LogP contribution in [0.4, 0.5) is 10.1 Å². The van der Waals surface area contributed by atoms with Gasteiger partial charge in [0.25, 0.3) is 0 Å². The SMILES string of the molecule is Cc1nn(C)c(COC(=O)c2ccc(F)c(N)c2)c1Br. The molecule has 0 radical (unpaired) electrons. The lowest BCUT2D eigenvalue weighted by molar-refractivity contribution is 0.0462. The number of carbonyl (C=O) groups is 1. The molecule has 0 unspecified atom stereocenters. The lowest BCUT2D eigenvalue weighted by atomic mass is 10.2. The molecule has 2 rings (SSSR count). The molecule has 1 heterocycles. The molecule has 0 amide bonds. The Balaban J connectivity index is 2.10. The molecule has 0 atom stereocenters. The third-order valence-corrected chi connectivity index (χ3v) is 3.86. The number of nitrogen functional groups attached to an aromatic ring is 1. The van der Waals surface area contributed by atoms with Crippen molar-refractivity contribution in [3.8, 4) is 0 Å². The lowest BCUT2D eigenvalue weighted by Gasteiger charge is -2.06. The number of aryl methyl sites for hydroxylation is 2. The standard InChI is InChI=1S/C13H13BrFN3O2/c1-7-12(14)11(18(2)17-7)6-20-13(19)8-3-4-9(15)10(16)5-8/h3-5H,6,16H2,1-2H3. The first-order valence-electron chi connectivity index (χ1n) is 5.80. The zero-order valence-corrected chi connectivity index (χ0v) is 12.6. The maximum Gasteiger partial charge on any atom is 0.338 e. The summed E-state index contributed by atoms with van der Waals surface area (Å²) in [5.74, 6) is -1.13. The first kappa shape index (κ1) is 14.5. The summed E-state index contributed by atoms with van der Waals surface area (Å²) in [4.78, 5) is 11.9. The second-order valence-corrected chi connectivity index (χ2v) is 5.08. The number of halogens is 2. The fourth-order valence-corrected chi connectivity index (χ4v) is 2.18. The van der Waals surface area contributed by atoms with Crippen LogP contribution in [0.2, 0.25) is 0 Å². The Morgan fingerprint density at radius 3 is 2.80 bits per heavy atom. The molecular weight excluding hydrogens is 329 g/mol. The summed E-state index contributed by atoms with van der Waals surface area (Å²) < 4.78 is 20.6. The van der Waals surface area contributed by atoms with E-state index < -0.39 is 11.8 Å². The van der Waals surface area contributed by atoms with Crippen molar-refractivity contribution in [1.82, 2.24) is 9.78 Å². The van der Waals surface area contributed by atoms with Gasteiger partial charge < -0.3 is 10.5 Å². The second kappa shape index (κ2) is 5.62. The highest BCUT2D eigenvalue weighted by Gasteiger charge is 2.14. The Labute approximate surface area is 123 Å². The van der Waals surface area contributed by atoms with Crippen molar-refractivity contribution < 1.29 is 13.9 Å². The Morgan fingerprint density at radius 2 is 2.25 bits per heavy atom. The van der Waals surface area contributed by atoms with Crippen LogP contribution in [0, 0.1) is 12.7 Å². The van der Waals surface area contributed by atoms with Crippen LogP contribution < -0.4 is 5.73 Å². The van der Waals surface area contributed by atoms with Gasteiger partial charge >= 0.3 is 5.97 Å². The van der Waals surface area contributed by atoms with Gasteiger partial charge in [-0.05, 0) is 41.1 Å². The van der Waals surface area contributed by atoms with Gasteiger partial charge in [0, 0.05) is 7.05 Å². The topological polar surface area (TPSA) is 70.1 Å². The minimum atomic E-state index is -0.567. The van der Waals surface area contributed by atoms with Crippen LogP contribution in [0.15, 0.2) is 22.7 Å². The van der Waals surface area contributed by atoms with Gasteiger partial charge in [-0.15, -0.1) is 0 Å². The number of benzene rings is 1. The monoisotopic (exact) mass is 341 g/mol. The van der Waals surface area contributed by atoms with E-state index in [1.807, 2.05) is 6.92 Å². The van der Waals surface area contributed by atoms with Crippen LogP contribution in [-0.2, 0) is 18.4 Å². The Kier molecular flexibility index (Phi) is 4.08. The van der Waals surface area contributed by atoms with Crippen molar-refractivity contribution in [1.29, 1.82) is 0 Å². The normalized spacial score (nSPS) is 10.6. The van der Waals surface area contributed by atoms with Crippen LogP contribution in [0.25, 0.3) is 0 Å². The molecule has 0 bridgehead atoms. The van der Waals surface area contributed by atoms with Gasteiger partial charge in [-0.25, -0.2) is 9.18 Å². The summed E-state index contributed by atoms with van der Waals surface area (Å²) in [5.41, 5.74) is 7.09. The number of hydrogen-bond donors (Lipinski definition) is 1. The molecule has 1 aromatic heterocycles. The van der Waals surface area contributed by atoms with Gasteiger partial charge in [0.1, 0.15) is 12.4 Å². The smallest absolute Gasteiger partial charge is 0.338 e. The van der Waals surface area contributed by atoms with Gasteiger partial charge in [0.05, 0.1) is 27.1 Å². The van der Waals surface area contributed by atoms with Gasteiger partial charge in [0.15, 0.2) is 0 Å². The van der Waals surface area contributed by atoms with Crippen LogP contribution in [0.1, 0.15) is 21.7 Å². The number of ether oxygens (including phenoxy) is 1.